The average molecular weight is 272 g/mol. The molecule has 0 aromatic heterocycles. The van der Waals surface area contributed by atoms with Crippen molar-refractivity contribution in [2.24, 2.45) is 11.8 Å². The smallest absolute Gasteiger partial charge is 0.196 e. The van der Waals surface area contributed by atoms with Crippen LogP contribution in [0, 0.1) is 29.3 Å². The molecule has 1 saturated heterocycles. The Morgan fingerprint density at radius 3 is 2.16 bits per heavy atom. The van der Waals surface area contributed by atoms with Crippen molar-refractivity contribution in [1.29, 1.82) is 0 Å². The number of nitrogens with one attached hydrogen (secondary N) is 1. The van der Waals surface area contributed by atoms with Gasteiger partial charge in [-0.1, -0.05) is 13.8 Å². The molecule has 2 atom stereocenters. The lowest BCUT2D eigenvalue weighted by Gasteiger charge is -2.33. The summed E-state index contributed by atoms with van der Waals surface area (Å²) in [5, 5.41) is 3.34. The van der Waals surface area contributed by atoms with Gasteiger partial charge in [-0.05, 0) is 37.1 Å². The molecular weight excluding hydrogens is 253 g/mol. The van der Waals surface area contributed by atoms with Gasteiger partial charge in [-0.15, -0.1) is 0 Å². The van der Waals surface area contributed by atoms with Gasteiger partial charge in [0.15, 0.2) is 17.5 Å². The quantitative estimate of drug-likeness (QED) is 0.791. The molecule has 1 N–H and O–H groups in total. The van der Waals surface area contributed by atoms with Crippen LogP contribution in [0.3, 0.4) is 0 Å². The van der Waals surface area contributed by atoms with Gasteiger partial charge >= 0.3 is 0 Å². The minimum absolute atomic E-state index is 0.152. The molecule has 2 nitrogen and oxygen atoms in total. The van der Waals surface area contributed by atoms with Crippen molar-refractivity contribution < 1.29 is 13.2 Å². The molecule has 2 unspecified atom stereocenters. The highest BCUT2D eigenvalue weighted by Gasteiger charge is 2.22. The van der Waals surface area contributed by atoms with E-state index < -0.39 is 17.5 Å². The molecule has 0 saturated carbocycles. The molecule has 106 valence electrons. The summed E-state index contributed by atoms with van der Waals surface area (Å²) < 4.78 is 40.2. The zero-order chi connectivity index (χ0) is 14.0. The van der Waals surface area contributed by atoms with Crippen LogP contribution in [-0.4, -0.2) is 26.2 Å². The van der Waals surface area contributed by atoms with E-state index in [2.05, 4.69) is 5.32 Å². The number of halogens is 3. The first-order valence-corrected chi connectivity index (χ1v) is 6.58. The molecule has 0 aliphatic carbocycles. The molecule has 1 fully saturated rings. The number of nitrogens with zero attached hydrogens (tertiary/aromatic N) is 1. The zero-order valence-electron chi connectivity index (χ0n) is 11.2. The van der Waals surface area contributed by atoms with E-state index >= 15 is 0 Å². The van der Waals surface area contributed by atoms with E-state index in [4.69, 9.17) is 0 Å². The highest BCUT2D eigenvalue weighted by atomic mass is 19.2. The Balaban J connectivity index is 2.29. The monoisotopic (exact) mass is 272 g/mol. The Labute approximate surface area is 111 Å². The summed E-state index contributed by atoms with van der Waals surface area (Å²) >= 11 is 0. The van der Waals surface area contributed by atoms with Crippen LogP contribution in [0.5, 0.6) is 0 Å². The van der Waals surface area contributed by atoms with Crippen molar-refractivity contribution in [1.82, 2.24) is 5.32 Å². The molecule has 0 radical (unpaired) electrons. The maximum atomic E-state index is 13.9. The van der Waals surface area contributed by atoms with E-state index in [0.717, 1.165) is 19.2 Å². The van der Waals surface area contributed by atoms with Crippen LogP contribution >= 0.6 is 0 Å². The lowest BCUT2D eigenvalue weighted by Crippen LogP contribution is -2.43. The minimum atomic E-state index is -1.39. The highest BCUT2D eigenvalue weighted by molar-refractivity contribution is 5.48. The van der Waals surface area contributed by atoms with Crippen LogP contribution in [0.2, 0.25) is 0 Å². The van der Waals surface area contributed by atoms with Crippen LogP contribution in [0.1, 0.15) is 13.8 Å². The standard InChI is InChI=1S/C14H19F3N2/c1-9-5-18-6-10(2)8-19(7-9)12-4-3-11(15)13(16)14(12)17/h3-4,9-10,18H,5-8H2,1-2H3. The third kappa shape index (κ3) is 3.21. The Morgan fingerprint density at radius 2 is 1.58 bits per heavy atom. The Hall–Kier alpha value is -1.23. The lowest BCUT2D eigenvalue weighted by atomic mass is 10.0. The third-order valence-electron chi connectivity index (χ3n) is 3.41. The molecule has 5 heteroatoms. The van der Waals surface area contributed by atoms with Crippen molar-refractivity contribution in [2.45, 2.75) is 13.8 Å². The van der Waals surface area contributed by atoms with E-state index in [1.165, 1.54) is 6.07 Å². The number of hydrogen-bond donors (Lipinski definition) is 1. The molecule has 19 heavy (non-hydrogen) atoms. The van der Waals surface area contributed by atoms with Crippen molar-refractivity contribution in [2.75, 3.05) is 31.1 Å². The summed E-state index contributed by atoms with van der Waals surface area (Å²) in [4.78, 5) is 1.81. The number of benzene rings is 1. The van der Waals surface area contributed by atoms with Gasteiger partial charge in [0.1, 0.15) is 0 Å². The van der Waals surface area contributed by atoms with Gasteiger partial charge in [0.25, 0.3) is 0 Å². The zero-order valence-corrected chi connectivity index (χ0v) is 11.2. The van der Waals surface area contributed by atoms with Crippen LogP contribution in [0.25, 0.3) is 0 Å². The van der Waals surface area contributed by atoms with Crippen molar-refractivity contribution in [3.8, 4) is 0 Å². The summed E-state index contributed by atoms with van der Waals surface area (Å²) in [6.07, 6.45) is 0. The molecule has 2 rings (SSSR count). The Morgan fingerprint density at radius 1 is 1.00 bits per heavy atom. The maximum Gasteiger partial charge on any atom is 0.196 e. The van der Waals surface area contributed by atoms with Crippen LogP contribution in [-0.2, 0) is 0 Å². The summed E-state index contributed by atoms with van der Waals surface area (Å²) in [7, 11) is 0. The van der Waals surface area contributed by atoms with Crippen molar-refractivity contribution >= 4 is 5.69 Å². The van der Waals surface area contributed by atoms with Gasteiger partial charge in [0.2, 0.25) is 0 Å². The second-order valence-corrected chi connectivity index (χ2v) is 5.47. The maximum absolute atomic E-state index is 13.9. The first-order chi connectivity index (χ1) is 8.99. The molecule has 0 amide bonds. The molecular formula is C14H19F3N2. The summed E-state index contributed by atoms with van der Waals surface area (Å²) in [5.74, 6) is -2.98. The minimum Gasteiger partial charge on any atom is -0.368 e. The topological polar surface area (TPSA) is 15.3 Å². The van der Waals surface area contributed by atoms with Crippen LogP contribution in [0.15, 0.2) is 12.1 Å². The van der Waals surface area contributed by atoms with Gasteiger partial charge in [-0.2, -0.15) is 0 Å². The largest absolute Gasteiger partial charge is 0.368 e. The molecule has 0 spiro atoms. The fourth-order valence-corrected chi connectivity index (χ4v) is 2.49. The second kappa shape index (κ2) is 5.82. The SMILES string of the molecule is CC1CNCC(C)CN(c2ccc(F)c(F)c2F)C1. The van der Waals surface area contributed by atoms with E-state index in [9.17, 15) is 13.2 Å². The van der Waals surface area contributed by atoms with E-state index in [1.54, 1.807) is 0 Å². The second-order valence-electron chi connectivity index (χ2n) is 5.47. The normalized spacial score (nSPS) is 25.0. The lowest BCUT2D eigenvalue weighted by molar-refractivity contribution is 0.401. The Kier molecular flexibility index (Phi) is 4.34. The van der Waals surface area contributed by atoms with Gasteiger partial charge < -0.3 is 10.2 Å². The molecule has 1 aromatic rings. The first kappa shape index (κ1) is 14.2. The Bertz CT molecular complexity index is 439. The average Bonchev–Trinajstić information content (AvgIpc) is 2.33. The van der Waals surface area contributed by atoms with Gasteiger partial charge in [0.05, 0.1) is 5.69 Å². The van der Waals surface area contributed by atoms with Crippen LogP contribution < -0.4 is 10.2 Å². The molecule has 0 bridgehead atoms. The van der Waals surface area contributed by atoms with E-state index in [-0.39, 0.29) is 5.69 Å². The van der Waals surface area contributed by atoms with Crippen LogP contribution in [0.4, 0.5) is 18.9 Å². The fraction of sp³-hybridized carbons (Fsp3) is 0.571. The first-order valence-electron chi connectivity index (χ1n) is 6.58. The van der Waals surface area contributed by atoms with Crippen molar-refractivity contribution in [3.63, 3.8) is 0 Å². The predicted octanol–water partition coefficient (Wildman–Crippen LogP) is 2.79. The van der Waals surface area contributed by atoms with Crippen molar-refractivity contribution in [3.05, 3.63) is 29.6 Å². The molecule has 1 aliphatic rings. The van der Waals surface area contributed by atoms with Gasteiger partial charge in [-0.25, -0.2) is 13.2 Å². The third-order valence-corrected chi connectivity index (χ3v) is 3.41. The number of anilines is 1. The molecule has 1 heterocycles. The predicted molar refractivity (Wildman–Crippen MR) is 69.7 cm³/mol. The van der Waals surface area contributed by atoms with Gasteiger partial charge in [0, 0.05) is 13.1 Å². The summed E-state index contributed by atoms with van der Waals surface area (Å²) in [6.45, 7) is 7.03. The highest BCUT2D eigenvalue weighted by Crippen LogP contribution is 2.25. The van der Waals surface area contributed by atoms with E-state index in [0.29, 0.717) is 24.9 Å². The number of hydrogen-bond acceptors (Lipinski definition) is 2. The van der Waals surface area contributed by atoms with Gasteiger partial charge in [-0.3, -0.25) is 0 Å². The summed E-state index contributed by atoms with van der Waals surface area (Å²) in [6, 6.07) is 2.31. The number of rotatable bonds is 1. The summed E-state index contributed by atoms with van der Waals surface area (Å²) in [5.41, 5.74) is 0.152. The molecule has 1 aromatic carbocycles. The van der Waals surface area contributed by atoms with E-state index in [1.807, 2.05) is 18.7 Å². The molecule has 1 aliphatic heterocycles. The fourth-order valence-electron chi connectivity index (χ4n) is 2.49.